The largest absolute Gasteiger partial charge is 0.316 e. The summed E-state index contributed by atoms with van der Waals surface area (Å²) in [7, 11) is 0.506. The zero-order chi connectivity index (χ0) is 14.6. The number of sulfonamides is 1. The molecule has 0 radical (unpaired) electrons. The number of likely N-dealkylation sites (tertiary alicyclic amines) is 1. The number of hydrogen-bond donors (Lipinski definition) is 2. The van der Waals surface area contributed by atoms with Gasteiger partial charge in [-0.05, 0) is 50.7 Å². The van der Waals surface area contributed by atoms with Crippen molar-refractivity contribution in [1.29, 1.82) is 0 Å². The Morgan fingerprint density at radius 1 is 1.40 bits per heavy atom. The van der Waals surface area contributed by atoms with E-state index in [0.717, 1.165) is 25.1 Å². The van der Waals surface area contributed by atoms with Gasteiger partial charge < -0.3 is 10.2 Å². The number of hydrogen-bond acceptors (Lipinski definition) is 4. The molecule has 1 aliphatic heterocycles. The minimum absolute atomic E-state index is 0.344. The average molecular weight is 297 g/mol. The minimum Gasteiger partial charge on any atom is -0.316 e. The van der Waals surface area contributed by atoms with E-state index < -0.39 is 10.0 Å². The quantitative estimate of drug-likeness (QED) is 0.809. The summed E-state index contributed by atoms with van der Waals surface area (Å²) in [5, 5.41) is 3.02. The van der Waals surface area contributed by atoms with Crippen molar-refractivity contribution in [2.24, 2.45) is 5.92 Å². The molecule has 0 aromatic heterocycles. The molecule has 0 spiro atoms. The van der Waals surface area contributed by atoms with Crippen LogP contribution >= 0.6 is 0 Å². The summed E-state index contributed by atoms with van der Waals surface area (Å²) in [5.41, 5.74) is 0.968. The van der Waals surface area contributed by atoms with Crippen molar-refractivity contribution in [3.05, 3.63) is 29.8 Å². The van der Waals surface area contributed by atoms with Crippen LogP contribution in [0.15, 0.2) is 29.2 Å². The Bertz CT molecular complexity index is 545. The molecule has 20 heavy (non-hydrogen) atoms. The lowest BCUT2D eigenvalue weighted by Crippen LogP contribution is -2.30. The first kappa shape index (κ1) is 15.4. The second-order valence-electron chi connectivity index (χ2n) is 5.45. The van der Waals surface area contributed by atoms with Gasteiger partial charge in [0, 0.05) is 19.6 Å². The third-order valence-electron chi connectivity index (χ3n) is 3.64. The Morgan fingerprint density at radius 3 is 2.85 bits per heavy atom. The Morgan fingerprint density at radius 2 is 2.20 bits per heavy atom. The van der Waals surface area contributed by atoms with Crippen molar-refractivity contribution in [3.8, 4) is 0 Å². The maximum absolute atomic E-state index is 12.3. The molecule has 6 heteroatoms. The predicted octanol–water partition coefficient (Wildman–Crippen LogP) is 0.636. The third kappa shape index (κ3) is 4.02. The van der Waals surface area contributed by atoms with Gasteiger partial charge in [-0.3, -0.25) is 0 Å². The molecule has 2 rings (SSSR count). The zero-order valence-corrected chi connectivity index (χ0v) is 12.9. The highest BCUT2D eigenvalue weighted by molar-refractivity contribution is 7.89. The van der Waals surface area contributed by atoms with Gasteiger partial charge in [0.1, 0.15) is 0 Å². The smallest absolute Gasteiger partial charge is 0.240 e. The van der Waals surface area contributed by atoms with Gasteiger partial charge in [0.05, 0.1) is 4.90 Å². The summed E-state index contributed by atoms with van der Waals surface area (Å²) >= 11 is 0. The normalized spacial score (nSPS) is 20.4. The van der Waals surface area contributed by atoms with Crippen LogP contribution in [0.3, 0.4) is 0 Å². The Hall–Kier alpha value is -0.950. The summed E-state index contributed by atoms with van der Waals surface area (Å²) in [5.74, 6) is 0.412. The summed E-state index contributed by atoms with van der Waals surface area (Å²) in [6.45, 7) is 3.19. The molecule has 0 bridgehead atoms. The summed E-state index contributed by atoms with van der Waals surface area (Å²) in [6, 6.07) is 7.06. The van der Waals surface area contributed by atoms with Gasteiger partial charge in [-0.15, -0.1) is 0 Å². The molecule has 1 aromatic carbocycles. The summed E-state index contributed by atoms with van der Waals surface area (Å²) in [4.78, 5) is 2.57. The van der Waals surface area contributed by atoms with E-state index in [4.69, 9.17) is 0 Å². The van der Waals surface area contributed by atoms with Crippen LogP contribution in [-0.2, 0) is 16.6 Å². The van der Waals surface area contributed by atoms with Crippen molar-refractivity contribution in [3.63, 3.8) is 0 Å². The van der Waals surface area contributed by atoms with Crippen LogP contribution in [0.1, 0.15) is 12.0 Å². The molecule has 1 aromatic rings. The maximum Gasteiger partial charge on any atom is 0.240 e. The molecule has 5 nitrogen and oxygen atoms in total. The van der Waals surface area contributed by atoms with Crippen LogP contribution in [-0.4, -0.2) is 47.0 Å². The van der Waals surface area contributed by atoms with Gasteiger partial charge in [-0.2, -0.15) is 0 Å². The fraction of sp³-hybridized carbons (Fsp3) is 0.571. The van der Waals surface area contributed by atoms with E-state index in [-0.39, 0.29) is 0 Å². The van der Waals surface area contributed by atoms with Crippen LogP contribution in [0.5, 0.6) is 0 Å². The average Bonchev–Trinajstić information content (AvgIpc) is 2.83. The van der Waals surface area contributed by atoms with Gasteiger partial charge in [-0.25, -0.2) is 13.1 Å². The highest BCUT2D eigenvalue weighted by atomic mass is 32.2. The zero-order valence-electron chi connectivity index (χ0n) is 12.1. The molecule has 1 saturated heterocycles. The predicted molar refractivity (Wildman–Crippen MR) is 80.0 cm³/mol. The van der Waals surface area contributed by atoms with E-state index in [1.54, 1.807) is 18.2 Å². The van der Waals surface area contributed by atoms with Gasteiger partial charge in [0.15, 0.2) is 0 Å². The van der Waals surface area contributed by atoms with Crippen LogP contribution < -0.4 is 10.0 Å². The van der Waals surface area contributed by atoms with E-state index >= 15 is 0 Å². The molecule has 1 fully saturated rings. The van der Waals surface area contributed by atoms with Gasteiger partial charge in [0.2, 0.25) is 10.0 Å². The highest BCUT2D eigenvalue weighted by Crippen LogP contribution is 2.15. The van der Waals surface area contributed by atoms with Crippen molar-refractivity contribution in [1.82, 2.24) is 14.9 Å². The molecule has 1 aliphatic rings. The van der Waals surface area contributed by atoms with Crippen LogP contribution in [0.4, 0.5) is 0 Å². The van der Waals surface area contributed by atoms with Crippen molar-refractivity contribution in [2.75, 3.05) is 33.7 Å². The van der Waals surface area contributed by atoms with E-state index in [2.05, 4.69) is 22.0 Å². The van der Waals surface area contributed by atoms with Gasteiger partial charge in [-0.1, -0.05) is 12.1 Å². The second-order valence-corrected chi connectivity index (χ2v) is 7.21. The number of rotatable bonds is 6. The number of benzene rings is 1. The molecule has 2 N–H and O–H groups in total. The number of nitrogens with one attached hydrogen (secondary N) is 2. The standard InChI is InChI=1S/C14H23N3O2S/c1-15-9-12-4-3-5-14(8-12)20(18,19)16-10-13-6-7-17(2)11-13/h3-5,8,13,15-16H,6-7,9-11H2,1-2H3. The van der Waals surface area contributed by atoms with Crippen molar-refractivity contribution < 1.29 is 8.42 Å². The molecule has 1 heterocycles. The van der Waals surface area contributed by atoms with Crippen LogP contribution in [0, 0.1) is 5.92 Å². The fourth-order valence-corrected chi connectivity index (χ4v) is 3.72. The molecule has 0 amide bonds. The van der Waals surface area contributed by atoms with Crippen molar-refractivity contribution in [2.45, 2.75) is 17.9 Å². The topological polar surface area (TPSA) is 61.4 Å². The van der Waals surface area contributed by atoms with Gasteiger partial charge in [0.25, 0.3) is 0 Å². The lowest BCUT2D eigenvalue weighted by Gasteiger charge is -2.12. The number of nitrogens with zero attached hydrogens (tertiary/aromatic N) is 1. The third-order valence-corrected chi connectivity index (χ3v) is 5.06. The van der Waals surface area contributed by atoms with E-state index in [0.29, 0.717) is 23.9 Å². The maximum atomic E-state index is 12.3. The molecular formula is C14H23N3O2S. The van der Waals surface area contributed by atoms with E-state index in [9.17, 15) is 8.42 Å². The molecule has 1 atom stereocenters. The van der Waals surface area contributed by atoms with Crippen LogP contribution in [0.2, 0.25) is 0 Å². The SMILES string of the molecule is CNCc1cccc(S(=O)(=O)NCC2CCN(C)C2)c1. The Balaban J connectivity index is 2.00. The summed E-state index contributed by atoms with van der Waals surface area (Å²) in [6.07, 6.45) is 1.05. The second kappa shape index (κ2) is 6.67. The Kier molecular flexibility index (Phi) is 5.15. The van der Waals surface area contributed by atoms with Gasteiger partial charge >= 0.3 is 0 Å². The fourth-order valence-electron chi connectivity index (χ4n) is 2.53. The molecule has 0 saturated carbocycles. The first-order valence-electron chi connectivity index (χ1n) is 6.93. The van der Waals surface area contributed by atoms with E-state index in [1.807, 2.05) is 13.1 Å². The molecule has 1 unspecified atom stereocenters. The highest BCUT2D eigenvalue weighted by Gasteiger charge is 2.22. The summed E-state index contributed by atoms with van der Waals surface area (Å²) < 4.78 is 27.3. The molecular weight excluding hydrogens is 274 g/mol. The minimum atomic E-state index is -3.40. The molecule has 0 aliphatic carbocycles. The monoisotopic (exact) mass is 297 g/mol. The first-order chi connectivity index (χ1) is 9.51. The lowest BCUT2D eigenvalue weighted by molar-refractivity contribution is 0.394. The lowest BCUT2D eigenvalue weighted by atomic mass is 10.1. The van der Waals surface area contributed by atoms with Crippen LogP contribution in [0.25, 0.3) is 0 Å². The van der Waals surface area contributed by atoms with E-state index in [1.165, 1.54) is 0 Å². The Labute approximate surface area is 121 Å². The van der Waals surface area contributed by atoms with Crippen molar-refractivity contribution >= 4 is 10.0 Å². The first-order valence-corrected chi connectivity index (χ1v) is 8.41. The molecule has 112 valence electrons.